The molecule has 0 saturated heterocycles. The van der Waals surface area contributed by atoms with Crippen molar-refractivity contribution in [3.63, 3.8) is 0 Å². The lowest BCUT2D eigenvalue weighted by Crippen LogP contribution is -2.15. The Kier molecular flexibility index (Phi) is 4.10. The zero-order valence-corrected chi connectivity index (χ0v) is 12.5. The number of carbonyl (C=O) groups is 2. The van der Waals surface area contributed by atoms with Crippen molar-refractivity contribution in [2.75, 3.05) is 5.32 Å². The topological polar surface area (TPSA) is 105 Å². The molecule has 2 heterocycles. The summed E-state index contributed by atoms with van der Waals surface area (Å²) in [6.45, 7) is 0. The number of aromatic carboxylic acids is 1. The number of hydrogen-bond acceptors (Lipinski definition) is 6. The quantitative estimate of drug-likeness (QED) is 0.840. The van der Waals surface area contributed by atoms with Crippen molar-refractivity contribution in [3.8, 4) is 0 Å². The molecule has 1 aliphatic carbocycles. The molecule has 2 aromatic heterocycles. The van der Waals surface area contributed by atoms with Crippen molar-refractivity contribution in [1.82, 2.24) is 15.0 Å². The fraction of sp³-hybridized carbons (Fsp3) is 0.357. The molecule has 8 heteroatoms. The van der Waals surface area contributed by atoms with Crippen molar-refractivity contribution < 1.29 is 14.7 Å². The van der Waals surface area contributed by atoms with Crippen LogP contribution in [0.2, 0.25) is 0 Å². The van der Waals surface area contributed by atoms with Gasteiger partial charge in [0.25, 0.3) is 5.91 Å². The van der Waals surface area contributed by atoms with Gasteiger partial charge in [-0.2, -0.15) is 0 Å². The maximum Gasteiger partial charge on any atom is 0.356 e. The molecule has 0 spiro atoms. The summed E-state index contributed by atoms with van der Waals surface area (Å²) >= 11 is 1.49. The highest BCUT2D eigenvalue weighted by Gasteiger charge is 2.17. The number of anilines is 1. The predicted molar refractivity (Wildman–Crippen MR) is 80.3 cm³/mol. The van der Waals surface area contributed by atoms with E-state index in [2.05, 4.69) is 20.3 Å². The second kappa shape index (κ2) is 6.18. The van der Waals surface area contributed by atoms with Crippen LogP contribution < -0.4 is 5.32 Å². The van der Waals surface area contributed by atoms with Crippen molar-refractivity contribution >= 4 is 28.3 Å². The standard InChI is InChI=1S/C14H14N4O3S/c19-12(9-6-16-10(7-15-9)13(20)21)18-14-17-8-4-2-1-3-5-11(8)22-14/h6-7H,1-5H2,(H,20,21)(H,17,18,19). The molecule has 0 unspecified atom stereocenters. The summed E-state index contributed by atoms with van der Waals surface area (Å²) in [5, 5.41) is 12.0. The van der Waals surface area contributed by atoms with E-state index in [0.29, 0.717) is 5.13 Å². The number of aromatic nitrogens is 3. The molecule has 0 bridgehead atoms. The van der Waals surface area contributed by atoms with Gasteiger partial charge in [-0.25, -0.2) is 19.7 Å². The Bertz CT molecular complexity index is 688. The van der Waals surface area contributed by atoms with Gasteiger partial charge in [-0.1, -0.05) is 6.42 Å². The maximum absolute atomic E-state index is 12.1. The number of aryl methyl sites for hydroxylation is 2. The largest absolute Gasteiger partial charge is 0.476 e. The average Bonchev–Trinajstić information content (AvgIpc) is 2.76. The summed E-state index contributed by atoms with van der Waals surface area (Å²) in [6, 6.07) is 0. The lowest BCUT2D eigenvalue weighted by Gasteiger charge is -2.01. The Balaban J connectivity index is 1.72. The van der Waals surface area contributed by atoms with Crippen molar-refractivity contribution in [2.24, 2.45) is 0 Å². The number of fused-ring (bicyclic) bond motifs is 1. The van der Waals surface area contributed by atoms with E-state index in [-0.39, 0.29) is 11.4 Å². The Labute approximate surface area is 130 Å². The number of thiazole rings is 1. The normalized spacial score (nSPS) is 14.0. The van der Waals surface area contributed by atoms with E-state index >= 15 is 0 Å². The first kappa shape index (κ1) is 14.6. The zero-order chi connectivity index (χ0) is 15.5. The average molecular weight is 318 g/mol. The predicted octanol–water partition coefficient (Wildman–Crippen LogP) is 2.15. The first-order chi connectivity index (χ1) is 10.6. The van der Waals surface area contributed by atoms with E-state index in [1.165, 1.54) is 22.6 Å². The third-order valence-corrected chi connectivity index (χ3v) is 4.49. The molecule has 0 aliphatic heterocycles. The number of nitrogens with zero attached hydrogens (tertiary/aromatic N) is 3. The second-order valence-corrected chi connectivity index (χ2v) is 6.08. The minimum Gasteiger partial charge on any atom is -0.476 e. The van der Waals surface area contributed by atoms with Gasteiger partial charge in [-0.3, -0.25) is 10.1 Å². The van der Waals surface area contributed by atoms with Gasteiger partial charge in [-0.15, -0.1) is 11.3 Å². The molecule has 0 fully saturated rings. The molecule has 0 atom stereocenters. The van der Waals surface area contributed by atoms with Gasteiger partial charge in [0.05, 0.1) is 18.1 Å². The fourth-order valence-corrected chi connectivity index (χ4v) is 3.34. The molecular formula is C14H14N4O3S. The number of carboxylic acids is 1. The van der Waals surface area contributed by atoms with E-state index in [4.69, 9.17) is 5.11 Å². The van der Waals surface area contributed by atoms with Gasteiger partial charge in [-0.05, 0) is 25.7 Å². The van der Waals surface area contributed by atoms with Gasteiger partial charge >= 0.3 is 5.97 Å². The maximum atomic E-state index is 12.1. The van der Waals surface area contributed by atoms with Crippen molar-refractivity contribution in [2.45, 2.75) is 32.1 Å². The van der Waals surface area contributed by atoms with Crippen LogP contribution >= 0.6 is 11.3 Å². The van der Waals surface area contributed by atoms with Gasteiger partial charge in [0.15, 0.2) is 10.8 Å². The first-order valence-electron chi connectivity index (χ1n) is 6.99. The van der Waals surface area contributed by atoms with Crippen molar-refractivity contribution in [1.29, 1.82) is 0 Å². The second-order valence-electron chi connectivity index (χ2n) is 5.00. The number of nitrogens with one attached hydrogen (secondary N) is 1. The van der Waals surface area contributed by atoms with Crippen LogP contribution in [-0.4, -0.2) is 31.9 Å². The number of carbonyl (C=O) groups excluding carboxylic acids is 1. The fourth-order valence-electron chi connectivity index (χ4n) is 2.30. The summed E-state index contributed by atoms with van der Waals surface area (Å²) in [6.07, 6.45) is 7.68. The molecule has 3 rings (SSSR count). The van der Waals surface area contributed by atoms with Crippen LogP contribution in [0.15, 0.2) is 12.4 Å². The summed E-state index contributed by atoms with van der Waals surface area (Å²) in [5.74, 6) is -1.61. The Morgan fingerprint density at radius 3 is 2.55 bits per heavy atom. The van der Waals surface area contributed by atoms with Gasteiger partial charge in [0.1, 0.15) is 5.69 Å². The van der Waals surface area contributed by atoms with Crippen LogP contribution in [0.1, 0.15) is 50.8 Å². The van der Waals surface area contributed by atoms with E-state index in [9.17, 15) is 9.59 Å². The number of amides is 1. The van der Waals surface area contributed by atoms with Crippen LogP contribution in [0, 0.1) is 0 Å². The molecule has 0 radical (unpaired) electrons. The number of hydrogen-bond donors (Lipinski definition) is 2. The highest BCUT2D eigenvalue weighted by Crippen LogP contribution is 2.29. The molecule has 7 nitrogen and oxygen atoms in total. The monoisotopic (exact) mass is 318 g/mol. The molecular weight excluding hydrogens is 304 g/mol. The van der Waals surface area contributed by atoms with E-state index < -0.39 is 11.9 Å². The Hall–Kier alpha value is -2.35. The molecule has 2 N–H and O–H groups in total. The first-order valence-corrected chi connectivity index (χ1v) is 7.80. The molecule has 2 aromatic rings. The van der Waals surface area contributed by atoms with Crippen LogP contribution in [0.5, 0.6) is 0 Å². The molecule has 0 saturated carbocycles. The van der Waals surface area contributed by atoms with Crippen LogP contribution in [-0.2, 0) is 12.8 Å². The molecule has 0 aromatic carbocycles. The minimum atomic E-state index is -1.18. The minimum absolute atomic E-state index is 0.0652. The van der Waals surface area contributed by atoms with E-state index in [1.54, 1.807) is 0 Å². The third kappa shape index (κ3) is 3.11. The highest BCUT2D eigenvalue weighted by atomic mass is 32.1. The van der Waals surface area contributed by atoms with Crippen LogP contribution in [0.3, 0.4) is 0 Å². The van der Waals surface area contributed by atoms with Crippen LogP contribution in [0.25, 0.3) is 0 Å². The zero-order valence-electron chi connectivity index (χ0n) is 11.7. The molecule has 1 aliphatic rings. The number of rotatable bonds is 3. The number of carboxylic acid groups (broad SMARTS) is 1. The summed E-state index contributed by atoms with van der Waals surface area (Å²) in [7, 11) is 0. The van der Waals surface area contributed by atoms with Gasteiger partial charge in [0, 0.05) is 4.88 Å². The Morgan fingerprint density at radius 1 is 1.09 bits per heavy atom. The highest BCUT2D eigenvalue weighted by molar-refractivity contribution is 7.15. The Morgan fingerprint density at radius 2 is 1.82 bits per heavy atom. The third-order valence-electron chi connectivity index (χ3n) is 3.42. The van der Waals surface area contributed by atoms with Crippen molar-refractivity contribution in [3.05, 3.63) is 34.4 Å². The van der Waals surface area contributed by atoms with Crippen LogP contribution in [0.4, 0.5) is 5.13 Å². The summed E-state index contributed by atoms with van der Waals surface area (Å²) in [4.78, 5) is 36.0. The lowest BCUT2D eigenvalue weighted by atomic mass is 10.2. The summed E-state index contributed by atoms with van der Waals surface area (Å²) < 4.78 is 0. The smallest absolute Gasteiger partial charge is 0.356 e. The lowest BCUT2D eigenvalue weighted by molar-refractivity contribution is 0.0689. The summed E-state index contributed by atoms with van der Waals surface area (Å²) in [5.41, 5.74) is 0.943. The van der Waals surface area contributed by atoms with E-state index in [0.717, 1.165) is 43.8 Å². The molecule has 22 heavy (non-hydrogen) atoms. The molecule has 114 valence electrons. The molecule has 1 amide bonds. The van der Waals surface area contributed by atoms with Gasteiger partial charge < -0.3 is 5.11 Å². The van der Waals surface area contributed by atoms with Gasteiger partial charge in [0.2, 0.25) is 0 Å². The van der Waals surface area contributed by atoms with E-state index in [1.807, 2.05) is 0 Å². The SMILES string of the molecule is O=C(O)c1cnc(C(=O)Nc2nc3c(s2)CCCCC3)cn1.